The van der Waals surface area contributed by atoms with Crippen molar-refractivity contribution in [2.24, 2.45) is 0 Å². The second kappa shape index (κ2) is 9.72. The molecule has 1 atom stereocenters. The summed E-state index contributed by atoms with van der Waals surface area (Å²) < 4.78 is 52.6. The van der Waals surface area contributed by atoms with E-state index in [4.69, 9.17) is 32.7 Å². The van der Waals surface area contributed by atoms with Crippen LogP contribution in [0.4, 0.5) is 18.9 Å². The molecule has 162 valence electrons. The standard InChI is InChI=1S/C19H17Cl2F3N2O4/c20-12-3-4-16(29-9-13-2-1-5-28-13)15(7-12)26-17(27)11-6-14(21)18(25-8-11)30-10-19(22,23)24/h3-4,6-8,13H,1-2,5,9-10H2,(H,26,27). The number of pyridine rings is 1. The zero-order chi connectivity index (χ0) is 21.7. The molecule has 1 aliphatic heterocycles. The Labute approximate surface area is 180 Å². The number of hydrogen-bond acceptors (Lipinski definition) is 5. The lowest BCUT2D eigenvalue weighted by atomic mass is 10.2. The van der Waals surface area contributed by atoms with E-state index in [1.165, 1.54) is 6.07 Å². The van der Waals surface area contributed by atoms with E-state index >= 15 is 0 Å². The molecule has 0 bridgehead atoms. The first-order valence-electron chi connectivity index (χ1n) is 8.91. The van der Waals surface area contributed by atoms with Gasteiger partial charge >= 0.3 is 6.18 Å². The molecule has 1 amide bonds. The highest BCUT2D eigenvalue weighted by atomic mass is 35.5. The molecule has 11 heteroatoms. The molecule has 1 unspecified atom stereocenters. The van der Waals surface area contributed by atoms with Crippen molar-refractivity contribution in [1.29, 1.82) is 0 Å². The normalized spacial score (nSPS) is 16.4. The highest BCUT2D eigenvalue weighted by Gasteiger charge is 2.29. The van der Waals surface area contributed by atoms with Crippen molar-refractivity contribution in [3.05, 3.63) is 46.1 Å². The summed E-state index contributed by atoms with van der Waals surface area (Å²) in [5, 5.41) is 2.79. The third kappa shape index (κ3) is 6.38. The van der Waals surface area contributed by atoms with Gasteiger partial charge in [0.25, 0.3) is 5.91 Å². The summed E-state index contributed by atoms with van der Waals surface area (Å²) in [5.74, 6) is -0.627. The minimum absolute atomic E-state index is 0.0171. The highest BCUT2D eigenvalue weighted by molar-refractivity contribution is 6.32. The third-order valence-electron chi connectivity index (χ3n) is 4.08. The number of carbonyl (C=O) groups is 1. The first kappa shape index (κ1) is 22.5. The van der Waals surface area contributed by atoms with E-state index in [9.17, 15) is 18.0 Å². The first-order chi connectivity index (χ1) is 14.2. The van der Waals surface area contributed by atoms with Gasteiger partial charge in [-0.15, -0.1) is 0 Å². The van der Waals surface area contributed by atoms with Crippen molar-refractivity contribution in [3.63, 3.8) is 0 Å². The van der Waals surface area contributed by atoms with E-state index in [0.717, 1.165) is 25.1 Å². The zero-order valence-electron chi connectivity index (χ0n) is 15.5. The monoisotopic (exact) mass is 464 g/mol. The smallest absolute Gasteiger partial charge is 0.422 e. The molecule has 1 N–H and O–H groups in total. The molecule has 2 aromatic rings. The van der Waals surface area contributed by atoms with E-state index in [0.29, 0.717) is 29.7 Å². The van der Waals surface area contributed by atoms with Gasteiger partial charge in [0.15, 0.2) is 6.61 Å². The van der Waals surface area contributed by atoms with Crippen molar-refractivity contribution < 1.29 is 32.2 Å². The van der Waals surface area contributed by atoms with Crippen LogP contribution in [0.15, 0.2) is 30.5 Å². The van der Waals surface area contributed by atoms with E-state index in [2.05, 4.69) is 15.0 Å². The van der Waals surface area contributed by atoms with Gasteiger partial charge in [-0.2, -0.15) is 13.2 Å². The summed E-state index contributed by atoms with van der Waals surface area (Å²) in [4.78, 5) is 16.2. The Hall–Kier alpha value is -2.23. The number of anilines is 1. The van der Waals surface area contributed by atoms with Gasteiger partial charge in [0.1, 0.15) is 17.4 Å². The maximum absolute atomic E-state index is 12.6. The van der Waals surface area contributed by atoms with Crippen LogP contribution in [-0.2, 0) is 4.74 Å². The van der Waals surface area contributed by atoms with Crippen LogP contribution in [0.25, 0.3) is 0 Å². The SMILES string of the molecule is O=C(Nc1cc(Cl)ccc1OCC1CCCO1)c1cnc(OCC(F)(F)F)c(Cl)c1. The van der Waals surface area contributed by atoms with E-state index in [1.807, 2.05) is 0 Å². The van der Waals surface area contributed by atoms with Crippen LogP contribution in [0.1, 0.15) is 23.2 Å². The van der Waals surface area contributed by atoms with Crippen molar-refractivity contribution in [2.75, 3.05) is 25.1 Å². The number of carbonyl (C=O) groups excluding carboxylic acids is 1. The molecule has 6 nitrogen and oxygen atoms in total. The first-order valence-corrected chi connectivity index (χ1v) is 9.67. The fraction of sp³-hybridized carbons (Fsp3) is 0.368. The van der Waals surface area contributed by atoms with E-state index in [1.54, 1.807) is 12.1 Å². The van der Waals surface area contributed by atoms with Crippen molar-refractivity contribution in [3.8, 4) is 11.6 Å². The number of nitrogens with one attached hydrogen (secondary N) is 1. The quantitative estimate of drug-likeness (QED) is 0.614. The molecular formula is C19H17Cl2F3N2O4. The summed E-state index contributed by atoms with van der Waals surface area (Å²) in [6, 6.07) is 5.91. The summed E-state index contributed by atoms with van der Waals surface area (Å²) in [6.45, 7) is -0.531. The Bertz CT molecular complexity index is 906. The Morgan fingerprint density at radius 3 is 2.73 bits per heavy atom. The van der Waals surface area contributed by atoms with Crippen molar-refractivity contribution >= 4 is 34.8 Å². The number of benzene rings is 1. The van der Waals surface area contributed by atoms with Crippen LogP contribution < -0.4 is 14.8 Å². The second-order valence-corrected chi connectivity index (χ2v) is 7.30. The summed E-state index contributed by atoms with van der Waals surface area (Å²) in [6.07, 6.45) is -1.63. The van der Waals surface area contributed by atoms with Crippen LogP contribution in [0.3, 0.4) is 0 Å². The molecule has 1 saturated heterocycles. The van der Waals surface area contributed by atoms with Crippen molar-refractivity contribution in [1.82, 2.24) is 4.98 Å². The fourth-order valence-corrected chi connectivity index (χ4v) is 3.08. The lowest BCUT2D eigenvalue weighted by Crippen LogP contribution is -2.20. The zero-order valence-corrected chi connectivity index (χ0v) is 17.0. The summed E-state index contributed by atoms with van der Waals surface area (Å²) >= 11 is 11.9. The van der Waals surface area contributed by atoms with Crippen LogP contribution in [0, 0.1) is 0 Å². The maximum Gasteiger partial charge on any atom is 0.422 e. The predicted molar refractivity (Wildman–Crippen MR) is 105 cm³/mol. The average molecular weight is 465 g/mol. The molecule has 1 aliphatic rings. The number of alkyl halides is 3. The molecule has 0 radical (unpaired) electrons. The minimum atomic E-state index is -4.53. The molecular weight excluding hydrogens is 448 g/mol. The van der Waals surface area contributed by atoms with Gasteiger partial charge in [0.05, 0.1) is 17.4 Å². The molecule has 1 fully saturated rings. The molecule has 3 rings (SSSR count). The Balaban J connectivity index is 1.69. The van der Waals surface area contributed by atoms with Crippen LogP contribution >= 0.6 is 23.2 Å². The Kier molecular flexibility index (Phi) is 7.27. The lowest BCUT2D eigenvalue weighted by molar-refractivity contribution is -0.154. The van der Waals surface area contributed by atoms with Crippen molar-refractivity contribution in [2.45, 2.75) is 25.1 Å². The Morgan fingerprint density at radius 1 is 1.27 bits per heavy atom. The molecule has 30 heavy (non-hydrogen) atoms. The average Bonchev–Trinajstić information content (AvgIpc) is 3.19. The van der Waals surface area contributed by atoms with E-state index < -0.39 is 24.6 Å². The number of ether oxygens (including phenoxy) is 3. The third-order valence-corrected chi connectivity index (χ3v) is 4.59. The molecule has 0 spiro atoms. The lowest BCUT2D eigenvalue weighted by Gasteiger charge is -2.16. The van der Waals surface area contributed by atoms with Crippen LogP contribution in [-0.4, -0.2) is 43.0 Å². The second-order valence-electron chi connectivity index (χ2n) is 6.46. The van der Waals surface area contributed by atoms with Crippen LogP contribution in [0.2, 0.25) is 10.0 Å². The van der Waals surface area contributed by atoms with Crippen LogP contribution in [0.5, 0.6) is 11.6 Å². The number of nitrogens with zero attached hydrogens (tertiary/aromatic N) is 1. The van der Waals surface area contributed by atoms with Gasteiger partial charge in [0, 0.05) is 17.8 Å². The topological polar surface area (TPSA) is 69.7 Å². The number of rotatable bonds is 7. The number of halogens is 5. The fourth-order valence-electron chi connectivity index (χ4n) is 2.68. The van der Waals surface area contributed by atoms with Gasteiger partial charge < -0.3 is 19.5 Å². The number of amides is 1. The molecule has 0 saturated carbocycles. The summed E-state index contributed by atoms with van der Waals surface area (Å²) in [7, 11) is 0. The highest BCUT2D eigenvalue weighted by Crippen LogP contribution is 2.30. The molecule has 1 aromatic carbocycles. The Morgan fingerprint density at radius 2 is 2.07 bits per heavy atom. The van der Waals surface area contributed by atoms with Gasteiger partial charge in [-0.1, -0.05) is 23.2 Å². The number of hydrogen-bond donors (Lipinski definition) is 1. The van der Waals surface area contributed by atoms with Gasteiger partial charge in [0.2, 0.25) is 5.88 Å². The molecule has 0 aliphatic carbocycles. The van der Waals surface area contributed by atoms with Gasteiger partial charge in [-0.3, -0.25) is 4.79 Å². The largest absolute Gasteiger partial charge is 0.489 e. The number of aromatic nitrogens is 1. The summed E-state index contributed by atoms with van der Waals surface area (Å²) in [5.41, 5.74) is 0.337. The molecule has 2 heterocycles. The molecule has 1 aromatic heterocycles. The minimum Gasteiger partial charge on any atom is -0.489 e. The maximum atomic E-state index is 12.6. The van der Waals surface area contributed by atoms with Gasteiger partial charge in [-0.05, 0) is 37.1 Å². The van der Waals surface area contributed by atoms with Gasteiger partial charge in [-0.25, -0.2) is 4.98 Å². The van der Waals surface area contributed by atoms with E-state index in [-0.39, 0.29) is 16.7 Å². The predicted octanol–water partition coefficient (Wildman–Crippen LogP) is 5.14.